The van der Waals surface area contributed by atoms with Gasteiger partial charge in [-0.3, -0.25) is 9.97 Å². The minimum absolute atomic E-state index is 0.446. The molecular formula is C26H30N3S+. The maximum atomic E-state index is 4.44. The van der Waals surface area contributed by atoms with Crippen LogP contribution in [0.5, 0.6) is 0 Å². The van der Waals surface area contributed by atoms with E-state index >= 15 is 0 Å². The highest BCUT2D eigenvalue weighted by molar-refractivity contribution is 7.17. The number of aromatic nitrogens is 3. The Morgan fingerprint density at radius 2 is 1.70 bits per heavy atom. The van der Waals surface area contributed by atoms with Gasteiger partial charge < -0.3 is 0 Å². The van der Waals surface area contributed by atoms with E-state index in [0.717, 1.165) is 19.4 Å². The number of hydrogen-bond donors (Lipinski definition) is 0. The molecule has 0 saturated heterocycles. The molecule has 3 heterocycles. The highest BCUT2D eigenvalue weighted by Crippen LogP contribution is 2.27. The van der Waals surface area contributed by atoms with E-state index < -0.39 is 0 Å². The standard InChI is InChI=1S/C26H30N3S/c1-19(24-5-4-11-27-16-24)6-7-20(2)25-17-28-12-13-29(25)18-21(3)22-8-9-26-23(15-22)10-14-30-26/h4-5,8-17,19-21H,6-7,18H2,1-3H3/q+1. The highest BCUT2D eigenvalue weighted by Gasteiger charge is 2.22. The molecule has 0 aliphatic rings. The van der Waals surface area contributed by atoms with Gasteiger partial charge in [-0.2, -0.15) is 4.57 Å². The van der Waals surface area contributed by atoms with Crippen LogP contribution in [0.25, 0.3) is 10.1 Å². The number of thiophene rings is 1. The van der Waals surface area contributed by atoms with Gasteiger partial charge in [-0.1, -0.05) is 32.9 Å². The predicted molar refractivity (Wildman–Crippen MR) is 125 cm³/mol. The summed E-state index contributed by atoms with van der Waals surface area (Å²) in [5, 5.41) is 3.52. The second kappa shape index (κ2) is 9.48. The topological polar surface area (TPSA) is 29.7 Å². The summed E-state index contributed by atoms with van der Waals surface area (Å²) >= 11 is 1.81. The Morgan fingerprint density at radius 1 is 0.867 bits per heavy atom. The van der Waals surface area contributed by atoms with Crippen molar-refractivity contribution < 1.29 is 4.57 Å². The Hall–Kier alpha value is -2.59. The Kier molecular flexibility index (Phi) is 6.53. The van der Waals surface area contributed by atoms with Gasteiger partial charge in [0.15, 0.2) is 12.7 Å². The fourth-order valence-electron chi connectivity index (χ4n) is 4.15. The molecule has 0 amide bonds. The lowest BCUT2D eigenvalue weighted by molar-refractivity contribution is -0.708. The van der Waals surface area contributed by atoms with Crippen molar-refractivity contribution in [3.05, 3.63) is 89.6 Å². The van der Waals surface area contributed by atoms with Crippen molar-refractivity contribution in [2.24, 2.45) is 0 Å². The Balaban J connectivity index is 1.44. The van der Waals surface area contributed by atoms with Crippen LogP contribution in [0.3, 0.4) is 0 Å². The van der Waals surface area contributed by atoms with E-state index in [1.54, 1.807) is 11.3 Å². The fraction of sp³-hybridized carbons (Fsp3) is 0.346. The normalized spacial score (nSPS) is 14.5. The zero-order valence-corrected chi connectivity index (χ0v) is 18.8. The molecule has 0 aliphatic heterocycles. The molecule has 30 heavy (non-hydrogen) atoms. The summed E-state index contributed by atoms with van der Waals surface area (Å²) in [7, 11) is 0. The second-order valence-electron chi connectivity index (χ2n) is 8.44. The van der Waals surface area contributed by atoms with E-state index in [-0.39, 0.29) is 0 Å². The molecule has 0 N–H and O–H groups in total. The van der Waals surface area contributed by atoms with E-state index in [1.807, 2.05) is 30.9 Å². The summed E-state index contributed by atoms with van der Waals surface area (Å²) in [6.07, 6.45) is 12.2. The number of benzene rings is 1. The molecular weight excluding hydrogens is 386 g/mol. The third-order valence-corrected chi connectivity index (χ3v) is 7.08. The number of hydrogen-bond acceptors (Lipinski definition) is 3. The zero-order valence-electron chi connectivity index (χ0n) is 18.0. The first-order chi connectivity index (χ1) is 14.6. The zero-order chi connectivity index (χ0) is 20.9. The van der Waals surface area contributed by atoms with Crippen molar-refractivity contribution in [3.63, 3.8) is 0 Å². The Labute approximate surface area is 183 Å². The third kappa shape index (κ3) is 4.76. The smallest absolute Gasteiger partial charge is 0.202 e. The molecule has 3 atom stereocenters. The van der Waals surface area contributed by atoms with Crippen molar-refractivity contribution in [3.8, 4) is 0 Å². The van der Waals surface area contributed by atoms with Crippen LogP contribution in [-0.2, 0) is 6.54 Å². The lowest BCUT2D eigenvalue weighted by Crippen LogP contribution is -2.41. The SMILES string of the molecule is CC(CCC(C)c1cncc[n+]1CC(C)c1ccc2sccc2c1)c1cccnc1. The monoisotopic (exact) mass is 416 g/mol. The second-order valence-corrected chi connectivity index (χ2v) is 9.39. The molecule has 4 aromatic rings. The van der Waals surface area contributed by atoms with Crippen LogP contribution >= 0.6 is 11.3 Å². The molecule has 3 nitrogen and oxygen atoms in total. The minimum Gasteiger partial charge on any atom is -0.264 e. The number of rotatable bonds is 8. The fourth-order valence-corrected chi connectivity index (χ4v) is 4.92. The first-order valence-electron chi connectivity index (χ1n) is 10.8. The van der Waals surface area contributed by atoms with Crippen LogP contribution in [0.1, 0.15) is 68.2 Å². The molecule has 0 saturated carbocycles. The van der Waals surface area contributed by atoms with Crippen LogP contribution < -0.4 is 4.57 Å². The van der Waals surface area contributed by atoms with Crippen LogP contribution in [0.15, 0.2) is 72.8 Å². The average molecular weight is 417 g/mol. The van der Waals surface area contributed by atoms with Crippen molar-refractivity contribution in [1.29, 1.82) is 0 Å². The van der Waals surface area contributed by atoms with Gasteiger partial charge in [-0.15, -0.1) is 11.3 Å². The molecule has 1 aromatic carbocycles. The Bertz CT molecular complexity index is 1090. The number of nitrogens with zero attached hydrogens (tertiary/aromatic N) is 3. The van der Waals surface area contributed by atoms with Gasteiger partial charge in [-0.25, -0.2) is 0 Å². The van der Waals surface area contributed by atoms with E-state index in [4.69, 9.17) is 0 Å². The summed E-state index contributed by atoms with van der Waals surface area (Å²) in [5.41, 5.74) is 4.04. The molecule has 0 fully saturated rings. The summed E-state index contributed by atoms with van der Waals surface area (Å²) in [4.78, 5) is 8.70. The van der Waals surface area contributed by atoms with Crippen LogP contribution in [0.2, 0.25) is 0 Å². The predicted octanol–water partition coefficient (Wildman–Crippen LogP) is 6.47. The van der Waals surface area contributed by atoms with E-state index in [9.17, 15) is 0 Å². The molecule has 0 spiro atoms. The van der Waals surface area contributed by atoms with Crippen molar-refractivity contribution >= 4 is 21.4 Å². The maximum absolute atomic E-state index is 4.44. The molecule has 3 unspecified atom stereocenters. The van der Waals surface area contributed by atoms with Gasteiger partial charge in [0.25, 0.3) is 0 Å². The van der Waals surface area contributed by atoms with Gasteiger partial charge in [-0.05, 0) is 64.9 Å². The van der Waals surface area contributed by atoms with E-state index in [0.29, 0.717) is 17.8 Å². The largest absolute Gasteiger partial charge is 0.264 e. The van der Waals surface area contributed by atoms with Crippen molar-refractivity contribution in [2.45, 2.75) is 57.9 Å². The third-order valence-electron chi connectivity index (χ3n) is 6.18. The van der Waals surface area contributed by atoms with Crippen LogP contribution in [-0.4, -0.2) is 9.97 Å². The van der Waals surface area contributed by atoms with Gasteiger partial charge in [0.05, 0.1) is 12.4 Å². The summed E-state index contributed by atoms with van der Waals surface area (Å²) in [6, 6.07) is 13.3. The van der Waals surface area contributed by atoms with Gasteiger partial charge >= 0.3 is 0 Å². The quantitative estimate of drug-likeness (QED) is 0.308. The molecule has 4 heteroatoms. The van der Waals surface area contributed by atoms with Gasteiger partial charge in [0.1, 0.15) is 0 Å². The van der Waals surface area contributed by atoms with Gasteiger partial charge in [0.2, 0.25) is 5.69 Å². The molecule has 4 rings (SSSR count). The lowest BCUT2D eigenvalue weighted by atomic mass is 9.91. The lowest BCUT2D eigenvalue weighted by Gasteiger charge is -2.16. The first-order valence-corrected chi connectivity index (χ1v) is 11.7. The van der Waals surface area contributed by atoms with Crippen molar-refractivity contribution in [2.75, 3.05) is 0 Å². The van der Waals surface area contributed by atoms with Crippen LogP contribution in [0.4, 0.5) is 0 Å². The minimum atomic E-state index is 0.446. The molecule has 3 aromatic heterocycles. The molecule has 154 valence electrons. The highest BCUT2D eigenvalue weighted by atomic mass is 32.1. The number of pyridine rings is 1. The summed E-state index contributed by atoms with van der Waals surface area (Å²) in [5.74, 6) is 1.42. The first kappa shape index (κ1) is 20.7. The molecule has 0 bridgehead atoms. The summed E-state index contributed by atoms with van der Waals surface area (Å²) in [6.45, 7) is 7.91. The Morgan fingerprint density at radius 3 is 2.53 bits per heavy atom. The molecule has 0 aliphatic carbocycles. The van der Waals surface area contributed by atoms with E-state index in [2.05, 4.69) is 77.2 Å². The van der Waals surface area contributed by atoms with Gasteiger partial charge in [0, 0.05) is 28.9 Å². The van der Waals surface area contributed by atoms with E-state index in [1.165, 1.54) is 26.9 Å². The van der Waals surface area contributed by atoms with Crippen molar-refractivity contribution in [1.82, 2.24) is 9.97 Å². The molecule has 0 radical (unpaired) electrons. The summed E-state index contributed by atoms with van der Waals surface area (Å²) < 4.78 is 3.76. The average Bonchev–Trinajstić information content (AvgIpc) is 3.26. The van der Waals surface area contributed by atoms with Crippen LogP contribution in [0, 0.1) is 0 Å². The number of fused-ring (bicyclic) bond motifs is 1. The maximum Gasteiger partial charge on any atom is 0.202 e.